The summed E-state index contributed by atoms with van der Waals surface area (Å²) >= 11 is 34.1. The zero-order valence-electron chi connectivity index (χ0n) is 30.7. The summed E-state index contributed by atoms with van der Waals surface area (Å²) in [4.78, 5) is 19.7. The number of aliphatic imine (C=N–C) groups is 1. The summed E-state index contributed by atoms with van der Waals surface area (Å²) in [6.07, 6.45) is 6.10. The van der Waals surface area contributed by atoms with Crippen LogP contribution in [0.2, 0.25) is 20.1 Å². The van der Waals surface area contributed by atoms with Gasteiger partial charge in [-0.15, -0.1) is 22.7 Å². The summed E-state index contributed by atoms with van der Waals surface area (Å²) in [6, 6.07) is 24.1. The molecule has 6 aromatic rings. The number of hydrogen-bond acceptors (Lipinski definition) is 7. The molecule has 0 spiro atoms. The van der Waals surface area contributed by atoms with E-state index in [0.717, 1.165) is 48.1 Å². The van der Waals surface area contributed by atoms with E-state index in [1.165, 1.54) is 47.6 Å². The second-order valence-electron chi connectivity index (χ2n) is 14.0. The van der Waals surface area contributed by atoms with Crippen LogP contribution in [0, 0.1) is 17.0 Å². The van der Waals surface area contributed by atoms with Gasteiger partial charge in [0.05, 0.1) is 26.6 Å². The molecular formula is C45H36Br2Cl4F2N2O3S2. The molecule has 15 heteroatoms. The maximum absolute atomic E-state index is 14.8. The normalized spacial score (nSPS) is 15.2. The van der Waals surface area contributed by atoms with Gasteiger partial charge >= 0.3 is 0 Å². The highest BCUT2D eigenvalue weighted by molar-refractivity contribution is 9.10. The molecule has 0 saturated heterocycles. The summed E-state index contributed by atoms with van der Waals surface area (Å²) < 4.78 is 36.4. The summed E-state index contributed by atoms with van der Waals surface area (Å²) in [7, 11) is 0. The lowest BCUT2D eigenvalue weighted by molar-refractivity contribution is 0.112. The van der Waals surface area contributed by atoms with Crippen molar-refractivity contribution in [1.29, 1.82) is 5.41 Å². The minimum absolute atomic E-state index is 0. The number of phenols is 1. The fraction of sp³-hybridized carbons (Fsp3) is 0.222. The molecule has 2 aromatic heterocycles. The molecule has 60 heavy (non-hydrogen) atoms. The van der Waals surface area contributed by atoms with E-state index in [1.807, 2.05) is 24.3 Å². The maximum atomic E-state index is 14.8. The van der Waals surface area contributed by atoms with Crippen molar-refractivity contribution in [2.45, 2.75) is 64.0 Å². The van der Waals surface area contributed by atoms with Gasteiger partial charge in [0.15, 0.2) is 6.29 Å². The summed E-state index contributed by atoms with van der Waals surface area (Å²) in [5, 5.41) is 19.3. The summed E-state index contributed by atoms with van der Waals surface area (Å²) in [5.74, 6) is 0.370. The number of fused-ring (bicyclic) bond motifs is 1. The number of hydrogen-bond donors (Lipinski definition) is 2. The van der Waals surface area contributed by atoms with Gasteiger partial charge in [-0.3, -0.25) is 4.79 Å². The van der Waals surface area contributed by atoms with Crippen molar-refractivity contribution in [3.05, 3.63) is 167 Å². The largest absolute Gasteiger partial charge is 0.507 e. The Morgan fingerprint density at radius 2 is 1.33 bits per heavy atom. The Kier molecular flexibility index (Phi) is 15.7. The molecule has 2 N–H and O–H groups in total. The van der Waals surface area contributed by atoms with E-state index in [0.29, 0.717) is 44.4 Å². The molecule has 9 rings (SSSR count). The first-order chi connectivity index (χ1) is 28.3. The SMILES string of the molecule is C.Fc1cc(Cl)cc2c1C(Cc1cc(Cl)ccc1Br)=NC(c1ccc(C3CC3)s1)O2.N=C(Cc1cc(Cl)ccc1Br)c1c(O)cc(Cl)cc1F.O=Cc1ccc(C2CC2)s1. The van der Waals surface area contributed by atoms with Crippen molar-refractivity contribution >= 4 is 119 Å². The molecule has 1 aliphatic heterocycles. The van der Waals surface area contributed by atoms with Gasteiger partial charge < -0.3 is 15.3 Å². The van der Waals surface area contributed by atoms with E-state index in [9.17, 15) is 18.7 Å². The Morgan fingerprint density at radius 3 is 1.95 bits per heavy atom. The van der Waals surface area contributed by atoms with Crippen LogP contribution in [0.4, 0.5) is 8.78 Å². The van der Waals surface area contributed by atoms with Crippen molar-refractivity contribution in [3.63, 3.8) is 0 Å². The van der Waals surface area contributed by atoms with E-state index < -0.39 is 17.9 Å². The van der Waals surface area contributed by atoms with E-state index in [2.05, 4.69) is 50.1 Å². The molecule has 2 fully saturated rings. The zero-order valence-corrected chi connectivity index (χ0v) is 38.5. The smallest absolute Gasteiger partial charge is 0.225 e. The predicted molar refractivity (Wildman–Crippen MR) is 252 cm³/mol. The van der Waals surface area contributed by atoms with Crippen molar-refractivity contribution in [2.24, 2.45) is 4.99 Å². The number of thiophene rings is 2. The standard InChI is InChI=1S/C22H15BrCl2FNOS.C14H9BrCl2FNO.C8H8OS.CH4/c23-15-4-3-13(24)7-12(15)8-17-21-16(26)9-14(25)10-18(21)28-22(27-17)20-6-5-19(29-20)11-1-2-11;15-10-2-1-8(16)3-7(10)4-12(19)14-11(18)5-9(17)6-13(14)20;9-5-7-3-4-8(10-7)6-1-2-6;/h3-7,9-11,22H,1-2,8H2;1-3,5-6,19-20H,4H2;3-6H,1-2H2;1H4. The molecule has 0 amide bonds. The minimum atomic E-state index is -0.724. The maximum Gasteiger partial charge on any atom is 0.225 e. The Bertz CT molecular complexity index is 2570. The Hall–Kier alpha value is -3.13. The van der Waals surface area contributed by atoms with Gasteiger partial charge in [0.2, 0.25) is 6.23 Å². The lowest BCUT2D eigenvalue weighted by Crippen LogP contribution is -2.20. The molecule has 3 heterocycles. The number of nitrogens with zero attached hydrogens (tertiary/aromatic N) is 1. The molecule has 312 valence electrons. The third kappa shape index (κ3) is 11.7. The molecule has 1 unspecified atom stereocenters. The Morgan fingerprint density at radius 1 is 0.767 bits per heavy atom. The Balaban J connectivity index is 0.000000168. The molecule has 0 radical (unpaired) electrons. The Labute approximate surface area is 392 Å². The minimum Gasteiger partial charge on any atom is -0.507 e. The molecule has 2 aliphatic carbocycles. The number of benzene rings is 4. The van der Waals surface area contributed by atoms with Gasteiger partial charge in [0.25, 0.3) is 0 Å². The topological polar surface area (TPSA) is 82.7 Å². The predicted octanol–water partition coefficient (Wildman–Crippen LogP) is 16.2. The quantitative estimate of drug-likeness (QED) is 0.112. The van der Waals surface area contributed by atoms with E-state index in [1.54, 1.807) is 46.9 Å². The van der Waals surface area contributed by atoms with Crippen LogP contribution in [0.3, 0.4) is 0 Å². The van der Waals surface area contributed by atoms with Crippen LogP contribution < -0.4 is 4.74 Å². The molecule has 4 aromatic carbocycles. The average molecular weight is 1060 g/mol. The number of ether oxygens (including phenoxy) is 1. The number of rotatable bonds is 9. The number of aldehydes is 1. The monoisotopic (exact) mass is 1050 g/mol. The zero-order chi connectivity index (χ0) is 42.0. The van der Waals surface area contributed by atoms with E-state index in [4.69, 9.17) is 61.5 Å². The van der Waals surface area contributed by atoms with Crippen LogP contribution in [-0.2, 0) is 12.8 Å². The van der Waals surface area contributed by atoms with Crippen LogP contribution >= 0.6 is 101 Å². The van der Waals surface area contributed by atoms with Crippen molar-refractivity contribution < 1.29 is 23.4 Å². The number of carbonyl (C=O) groups is 1. The number of nitrogens with one attached hydrogen (secondary N) is 1. The second kappa shape index (κ2) is 20.4. The number of aromatic hydroxyl groups is 1. The summed E-state index contributed by atoms with van der Waals surface area (Å²) in [5.41, 5.74) is 2.44. The highest BCUT2D eigenvalue weighted by atomic mass is 79.9. The first kappa shape index (κ1) is 46.4. The summed E-state index contributed by atoms with van der Waals surface area (Å²) in [6.45, 7) is 0. The van der Waals surface area contributed by atoms with Gasteiger partial charge in [-0.1, -0.05) is 85.7 Å². The molecule has 5 nitrogen and oxygen atoms in total. The third-order valence-corrected chi connectivity index (χ3v) is 14.4. The van der Waals surface area contributed by atoms with E-state index >= 15 is 0 Å². The van der Waals surface area contributed by atoms with E-state index in [-0.39, 0.29) is 35.9 Å². The van der Waals surface area contributed by atoms with Gasteiger partial charge in [-0.2, -0.15) is 0 Å². The third-order valence-electron chi connectivity index (χ3n) is 9.51. The molecule has 1 atom stereocenters. The van der Waals surface area contributed by atoms with Crippen molar-refractivity contribution in [1.82, 2.24) is 0 Å². The number of halogens is 8. The van der Waals surface area contributed by atoms with Crippen molar-refractivity contribution in [2.75, 3.05) is 0 Å². The average Bonchev–Trinajstić information content (AvgIpc) is 4.12. The van der Waals surface area contributed by atoms with Crippen LogP contribution in [0.15, 0.2) is 98.9 Å². The molecule has 2 saturated carbocycles. The highest BCUT2D eigenvalue weighted by Gasteiger charge is 2.31. The van der Waals surface area contributed by atoms with Gasteiger partial charge in [0, 0.05) is 57.3 Å². The molecule has 3 aliphatic rings. The first-order valence-electron chi connectivity index (χ1n) is 18.3. The van der Waals surface area contributed by atoms with Crippen LogP contribution in [0.1, 0.15) is 97.7 Å². The fourth-order valence-corrected chi connectivity index (χ4v) is 10.0. The van der Waals surface area contributed by atoms with Crippen LogP contribution in [0.25, 0.3) is 0 Å². The van der Waals surface area contributed by atoms with Gasteiger partial charge in [-0.05, 0) is 134 Å². The van der Waals surface area contributed by atoms with Crippen molar-refractivity contribution in [3.8, 4) is 11.5 Å². The fourth-order valence-electron chi connectivity index (χ4n) is 6.31. The number of carbonyl (C=O) groups excluding carboxylic acids is 1. The second-order valence-corrected chi connectivity index (χ2v) is 19.8. The highest BCUT2D eigenvalue weighted by Crippen LogP contribution is 2.46. The van der Waals surface area contributed by atoms with Gasteiger partial charge in [0.1, 0.15) is 23.1 Å². The lowest BCUT2D eigenvalue weighted by Gasteiger charge is -2.25. The van der Waals surface area contributed by atoms with Crippen LogP contribution in [-0.4, -0.2) is 22.8 Å². The number of phenolic OH excluding ortho intramolecular Hbond substituents is 1. The molecular weight excluding hydrogens is 1020 g/mol. The first-order valence-corrected chi connectivity index (χ1v) is 23.0. The molecule has 0 bridgehead atoms. The van der Waals surface area contributed by atoms with Crippen LogP contribution in [0.5, 0.6) is 11.5 Å². The lowest BCUT2D eigenvalue weighted by atomic mass is 9.99. The van der Waals surface area contributed by atoms with Gasteiger partial charge in [-0.25, -0.2) is 13.8 Å².